The second-order valence-corrected chi connectivity index (χ2v) is 8.97. The molecule has 6 heteroatoms. The molecular weight excluding hydrogens is 468 g/mol. The second kappa shape index (κ2) is 15.0. The first-order valence-electron chi connectivity index (χ1n) is 13.1. The summed E-state index contributed by atoms with van der Waals surface area (Å²) < 4.78 is 5.97. The van der Waals surface area contributed by atoms with Gasteiger partial charge >= 0.3 is 5.82 Å². The number of para-hydroxylation sites is 2. The average molecular weight is 505 g/mol. The Balaban J connectivity index is 0.00000361. The van der Waals surface area contributed by atoms with Gasteiger partial charge in [0, 0.05) is 4.80 Å². The normalized spacial score (nSPS) is 10.7. The van der Waals surface area contributed by atoms with Gasteiger partial charge in [0.1, 0.15) is 11.4 Å². The van der Waals surface area contributed by atoms with Gasteiger partial charge in [0.25, 0.3) is 0 Å². The summed E-state index contributed by atoms with van der Waals surface area (Å²) in [4.78, 5) is 3.66. The lowest BCUT2D eigenvalue weighted by molar-refractivity contribution is -0.734. The van der Waals surface area contributed by atoms with Crippen LogP contribution in [0.3, 0.4) is 0 Å². The Bertz CT molecular complexity index is 1070. The molecule has 0 aliphatic rings. The largest absolute Gasteiger partial charge is 1.00 e. The summed E-state index contributed by atoms with van der Waals surface area (Å²) in [6, 6.07) is 28.2. The van der Waals surface area contributed by atoms with Crippen LogP contribution in [0, 0.1) is 0 Å². The molecule has 0 radical (unpaired) electrons. The molecule has 0 N–H and O–H groups in total. The highest BCUT2D eigenvalue weighted by atomic mass is 35.5. The van der Waals surface area contributed by atoms with Crippen molar-refractivity contribution in [3.8, 4) is 28.5 Å². The molecule has 190 valence electrons. The highest BCUT2D eigenvalue weighted by Crippen LogP contribution is 2.20. The highest BCUT2D eigenvalue weighted by molar-refractivity contribution is 5.55. The van der Waals surface area contributed by atoms with Crippen LogP contribution in [-0.2, 0) is 0 Å². The van der Waals surface area contributed by atoms with Crippen LogP contribution in [0.25, 0.3) is 22.8 Å². The van der Waals surface area contributed by atoms with Gasteiger partial charge in [-0.15, -0.1) is 0 Å². The van der Waals surface area contributed by atoms with E-state index in [-0.39, 0.29) is 12.4 Å². The first-order chi connectivity index (χ1) is 17.3. The van der Waals surface area contributed by atoms with E-state index in [4.69, 9.17) is 14.9 Å². The molecule has 0 aliphatic carbocycles. The third-order valence-electron chi connectivity index (χ3n) is 6.16. The second-order valence-electron chi connectivity index (χ2n) is 8.97. The van der Waals surface area contributed by atoms with Crippen molar-refractivity contribution >= 4 is 0 Å². The third-order valence-corrected chi connectivity index (χ3v) is 6.16. The molecule has 0 unspecified atom stereocenters. The molecule has 36 heavy (non-hydrogen) atoms. The van der Waals surface area contributed by atoms with E-state index in [2.05, 4.69) is 6.92 Å². The number of ether oxygens (including phenoxy) is 1. The van der Waals surface area contributed by atoms with Gasteiger partial charge in [0.05, 0.1) is 17.3 Å². The van der Waals surface area contributed by atoms with Crippen molar-refractivity contribution in [3.05, 3.63) is 84.9 Å². The van der Waals surface area contributed by atoms with E-state index >= 15 is 0 Å². The summed E-state index contributed by atoms with van der Waals surface area (Å²) in [5.41, 5.74) is 2.87. The lowest BCUT2D eigenvalue weighted by atomic mass is 10.1. The Kier molecular flexibility index (Phi) is 11.5. The zero-order valence-corrected chi connectivity index (χ0v) is 22.0. The van der Waals surface area contributed by atoms with E-state index in [0.717, 1.165) is 35.7 Å². The summed E-state index contributed by atoms with van der Waals surface area (Å²) in [6.07, 6.45) is 11.9. The quantitative estimate of drug-likeness (QED) is 0.192. The minimum Gasteiger partial charge on any atom is -1.00 e. The Hall–Kier alpha value is -3.18. The number of benzene rings is 3. The summed E-state index contributed by atoms with van der Waals surface area (Å²) in [6.45, 7) is 3.04. The molecular formula is C30H37ClN4O. The number of nitrogens with zero attached hydrogens (tertiary/aromatic N) is 4. The maximum Gasteiger partial charge on any atom is 0.340 e. The van der Waals surface area contributed by atoms with Crippen LogP contribution in [0.4, 0.5) is 0 Å². The van der Waals surface area contributed by atoms with E-state index < -0.39 is 0 Å². The molecule has 0 saturated heterocycles. The summed E-state index contributed by atoms with van der Waals surface area (Å²) in [7, 11) is 0. The van der Waals surface area contributed by atoms with Crippen molar-refractivity contribution in [2.45, 2.75) is 64.7 Å². The van der Waals surface area contributed by atoms with E-state index in [1.807, 2.05) is 94.5 Å². The molecule has 4 rings (SSSR count). The van der Waals surface area contributed by atoms with Crippen LogP contribution < -0.4 is 21.9 Å². The molecule has 0 amide bonds. The predicted molar refractivity (Wildman–Crippen MR) is 141 cm³/mol. The SMILES string of the molecule is CCCCCCCCCCCOc1ccc(-c2nn(-c3ccccc3)[n+](-c3ccccc3)n2)cc1.[Cl-]. The maximum absolute atomic E-state index is 5.97. The fourth-order valence-corrected chi connectivity index (χ4v) is 4.16. The van der Waals surface area contributed by atoms with Crippen molar-refractivity contribution in [1.29, 1.82) is 0 Å². The van der Waals surface area contributed by atoms with E-state index in [9.17, 15) is 0 Å². The predicted octanol–water partition coefficient (Wildman–Crippen LogP) is 4.12. The van der Waals surface area contributed by atoms with Crippen LogP contribution in [0.15, 0.2) is 84.9 Å². The number of hydrogen-bond acceptors (Lipinski definition) is 3. The molecule has 0 spiro atoms. The summed E-state index contributed by atoms with van der Waals surface area (Å²) in [5, 5.41) is 9.62. The van der Waals surface area contributed by atoms with Crippen LogP contribution in [0.5, 0.6) is 5.75 Å². The lowest BCUT2D eigenvalue weighted by Gasteiger charge is -2.06. The Morgan fingerprint density at radius 1 is 0.694 bits per heavy atom. The van der Waals surface area contributed by atoms with Gasteiger partial charge in [0.2, 0.25) is 0 Å². The number of aromatic nitrogens is 4. The highest BCUT2D eigenvalue weighted by Gasteiger charge is 2.23. The maximum atomic E-state index is 5.97. The molecule has 4 aromatic rings. The fourth-order valence-electron chi connectivity index (χ4n) is 4.16. The molecule has 0 fully saturated rings. The molecule has 5 nitrogen and oxygen atoms in total. The van der Waals surface area contributed by atoms with Crippen molar-refractivity contribution in [2.75, 3.05) is 6.61 Å². The average Bonchev–Trinajstić information content (AvgIpc) is 3.37. The Morgan fingerprint density at radius 2 is 1.28 bits per heavy atom. The zero-order valence-electron chi connectivity index (χ0n) is 21.2. The van der Waals surface area contributed by atoms with Gasteiger partial charge in [-0.25, -0.2) is 0 Å². The summed E-state index contributed by atoms with van der Waals surface area (Å²) in [5.74, 6) is 1.56. The molecule has 3 aromatic carbocycles. The van der Waals surface area contributed by atoms with Gasteiger partial charge in [0.15, 0.2) is 5.69 Å². The van der Waals surface area contributed by atoms with Crippen molar-refractivity contribution < 1.29 is 21.9 Å². The number of halogens is 1. The standard InChI is InChI=1S/C30H37N4O.ClH/c1-2-3-4-5-6-7-8-9-16-25-35-29-23-21-26(22-24-29)30-31-33(27-17-12-10-13-18-27)34(32-30)28-19-14-11-15-20-28;/h10-15,17-24H,2-9,16,25H2,1H3;1H/q+1;/p-1. The molecule has 1 aromatic heterocycles. The van der Waals surface area contributed by atoms with Crippen LogP contribution in [0.1, 0.15) is 64.7 Å². The van der Waals surface area contributed by atoms with Crippen LogP contribution in [0.2, 0.25) is 0 Å². The molecule has 1 heterocycles. The van der Waals surface area contributed by atoms with E-state index in [1.54, 1.807) is 0 Å². The molecule has 0 atom stereocenters. The van der Waals surface area contributed by atoms with Crippen LogP contribution >= 0.6 is 0 Å². The lowest BCUT2D eigenvalue weighted by Crippen LogP contribution is -3.00. The van der Waals surface area contributed by atoms with Gasteiger partial charge in [-0.3, -0.25) is 0 Å². The topological polar surface area (TPSA) is 43.8 Å². The number of unbranched alkanes of at least 4 members (excludes halogenated alkanes) is 8. The summed E-state index contributed by atoms with van der Waals surface area (Å²) >= 11 is 0. The molecule has 0 saturated carbocycles. The fraction of sp³-hybridized carbons (Fsp3) is 0.367. The van der Waals surface area contributed by atoms with Crippen molar-refractivity contribution in [1.82, 2.24) is 15.0 Å². The zero-order chi connectivity index (χ0) is 24.1. The number of hydrogen-bond donors (Lipinski definition) is 0. The van der Waals surface area contributed by atoms with Gasteiger partial charge in [-0.05, 0) is 64.8 Å². The van der Waals surface area contributed by atoms with Crippen LogP contribution in [-0.4, -0.2) is 21.6 Å². The first-order valence-corrected chi connectivity index (χ1v) is 13.1. The van der Waals surface area contributed by atoms with E-state index in [0.29, 0.717) is 5.82 Å². The third kappa shape index (κ3) is 7.92. The number of tetrazole rings is 1. The van der Waals surface area contributed by atoms with Crippen molar-refractivity contribution in [3.63, 3.8) is 0 Å². The monoisotopic (exact) mass is 504 g/mol. The molecule has 0 bridgehead atoms. The Morgan fingerprint density at radius 3 is 1.92 bits per heavy atom. The van der Waals surface area contributed by atoms with Crippen molar-refractivity contribution in [2.24, 2.45) is 0 Å². The van der Waals surface area contributed by atoms with Gasteiger partial charge in [-0.2, -0.15) is 0 Å². The first kappa shape index (κ1) is 27.4. The smallest absolute Gasteiger partial charge is 0.340 e. The van der Waals surface area contributed by atoms with E-state index in [1.165, 1.54) is 51.4 Å². The van der Waals surface area contributed by atoms with Gasteiger partial charge < -0.3 is 17.1 Å². The number of rotatable bonds is 14. The Labute approximate surface area is 221 Å². The van der Waals surface area contributed by atoms with Gasteiger partial charge in [-0.1, -0.05) is 94.7 Å². The minimum absolute atomic E-state index is 0. The molecule has 0 aliphatic heterocycles. The minimum atomic E-state index is 0.